The van der Waals surface area contributed by atoms with Gasteiger partial charge in [-0.3, -0.25) is 9.78 Å². The molecule has 0 radical (unpaired) electrons. The van der Waals surface area contributed by atoms with Gasteiger partial charge in [-0.25, -0.2) is 0 Å². The first kappa shape index (κ1) is 13.6. The average Bonchev–Trinajstić information content (AvgIpc) is 2.48. The maximum absolute atomic E-state index is 12.2. The van der Waals surface area contributed by atoms with Crippen molar-refractivity contribution in [2.45, 2.75) is 6.92 Å². The van der Waals surface area contributed by atoms with Crippen molar-refractivity contribution in [3.63, 3.8) is 0 Å². The van der Waals surface area contributed by atoms with E-state index in [2.05, 4.69) is 10.3 Å². The lowest BCUT2D eigenvalue weighted by molar-refractivity contribution is 0.102. The fourth-order valence-corrected chi connectivity index (χ4v) is 1.77. The SMILES string of the molecule is COc1cc(C#N)ccc1NC(=O)c1ncccc1C. The molecule has 20 heavy (non-hydrogen) atoms. The summed E-state index contributed by atoms with van der Waals surface area (Å²) >= 11 is 0. The number of rotatable bonds is 3. The van der Waals surface area contributed by atoms with Crippen LogP contribution in [0.2, 0.25) is 0 Å². The Bertz CT molecular complexity index is 690. The van der Waals surface area contributed by atoms with Crippen LogP contribution in [0.5, 0.6) is 5.75 Å². The van der Waals surface area contributed by atoms with Crippen molar-refractivity contribution in [1.82, 2.24) is 4.98 Å². The molecule has 0 fully saturated rings. The molecule has 0 aliphatic heterocycles. The molecular formula is C15H13N3O2. The molecule has 0 aliphatic carbocycles. The van der Waals surface area contributed by atoms with Crippen molar-refractivity contribution in [1.29, 1.82) is 5.26 Å². The predicted molar refractivity (Wildman–Crippen MR) is 74.6 cm³/mol. The predicted octanol–water partition coefficient (Wildman–Crippen LogP) is 2.52. The quantitative estimate of drug-likeness (QED) is 0.927. The molecule has 0 saturated carbocycles. The first-order valence-electron chi connectivity index (χ1n) is 5.97. The van der Waals surface area contributed by atoms with Crippen LogP contribution in [0, 0.1) is 18.3 Å². The van der Waals surface area contributed by atoms with Gasteiger partial charge < -0.3 is 10.1 Å². The van der Waals surface area contributed by atoms with E-state index in [9.17, 15) is 4.79 Å². The lowest BCUT2D eigenvalue weighted by Crippen LogP contribution is -2.15. The molecule has 1 heterocycles. The summed E-state index contributed by atoms with van der Waals surface area (Å²) in [6.07, 6.45) is 1.57. The zero-order valence-corrected chi connectivity index (χ0v) is 11.2. The minimum atomic E-state index is -0.314. The number of methoxy groups -OCH3 is 1. The number of aromatic nitrogens is 1. The summed E-state index contributed by atoms with van der Waals surface area (Å²) in [4.78, 5) is 16.2. The molecule has 1 aromatic heterocycles. The highest BCUT2D eigenvalue weighted by molar-refractivity contribution is 6.04. The molecule has 0 atom stereocenters. The third kappa shape index (κ3) is 2.75. The Morgan fingerprint density at radius 3 is 2.85 bits per heavy atom. The summed E-state index contributed by atoms with van der Waals surface area (Å²) in [5.41, 5.74) is 2.12. The Morgan fingerprint density at radius 1 is 1.40 bits per heavy atom. The Morgan fingerprint density at radius 2 is 2.20 bits per heavy atom. The van der Waals surface area contributed by atoms with Crippen LogP contribution < -0.4 is 10.1 Å². The van der Waals surface area contributed by atoms with E-state index in [-0.39, 0.29) is 5.91 Å². The Labute approximate surface area is 116 Å². The van der Waals surface area contributed by atoms with Gasteiger partial charge in [0.05, 0.1) is 24.4 Å². The Hall–Kier alpha value is -2.87. The fraction of sp³-hybridized carbons (Fsp3) is 0.133. The topological polar surface area (TPSA) is 75.0 Å². The monoisotopic (exact) mass is 267 g/mol. The van der Waals surface area contributed by atoms with E-state index in [0.717, 1.165) is 5.56 Å². The number of nitrogens with zero attached hydrogens (tertiary/aromatic N) is 2. The summed E-state index contributed by atoms with van der Waals surface area (Å²) in [5.74, 6) is 0.122. The van der Waals surface area contributed by atoms with Crippen LogP contribution in [0.15, 0.2) is 36.5 Å². The highest BCUT2D eigenvalue weighted by atomic mass is 16.5. The summed E-state index contributed by atoms with van der Waals surface area (Å²) in [6.45, 7) is 1.82. The summed E-state index contributed by atoms with van der Waals surface area (Å²) < 4.78 is 5.17. The normalized spacial score (nSPS) is 9.65. The Balaban J connectivity index is 2.29. The number of benzene rings is 1. The average molecular weight is 267 g/mol. The number of carbonyl (C=O) groups is 1. The van der Waals surface area contributed by atoms with E-state index in [1.54, 1.807) is 30.5 Å². The van der Waals surface area contributed by atoms with Crippen LogP contribution in [-0.4, -0.2) is 18.0 Å². The third-order valence-corrected chi connectivity index (χ3v) is 2.80. The molecule has 2 aromatic rings. The van der Waals surface area contributed by atoms with E-state index >= 15 is 0 Å². The van der Waals surface area contributed by atoms with Crippen molar-refractivity contribution in [2.24, 2.45) is 0 Å². The second-order valence-corrected chi connectivity index (χ2v) is 4.15. The first-order chi connectivity index (χ1) is 9.65. The smallest absolute Gasteiger partial charge is 0.274 e. The lowest BCUT2D eigenvalue weighted by atomic mass is 10.2. The summed E-state index contributed by atoms with van der Waals surface area (Å²) in [7, 11) is 1.48. The van der Waals surface area contributed by atoms with Crippen LogP contribution in [0.4, 0.5) is 5.69 Å². The summed E-state index contributed by atoms with van der Waals surface area (Å²) in [6, 6.07) is 10.4. The van der Waals surface area contributed by atoms with Gasteiger partial charge in [-0.1, -0.05) is 6.07 Å². The van der Waals surface area contributed by atoms with Crippen molar-refractivity contribution < 1.29 is 9.53 Å². The molecule has 0 aliphatic rings. The van der Waals surface area contributed by atoms with Crippen molar-refractivity contribution in [3.8, 4) is 11.8 Å². The van der Waals surface area contributed by atoms with E-state index < -0.39 is 0 Å². The molecule has 1 amide bonds. The van der Waals surface area contributed by atoms with E-state index in [1.165, 1.54) is 7.11 Å². The highest BCUT2D eigenvalue weighted by Gasteiger charge is 2.13. The molecule has 0 bridgehead atoms. The minimum Gasteiger partial charge on any atom is -0.495 e. The van der Waals surface area contributed by atoms with Crippen LogP contribution in [-0.2, 0) is 0 Å². The van der Waals surface area contributed by atoms with Gasteiger partial charge in [0, 0.05) is 12.3 Å². The lowest BCUT2D eigenvalue weighted by Gasteiger charge is -2.10. The largest absolute Gasteiger partial charge is 0.495 e. The molecule has 0 unspecified atom stereocenters. The molecule has 0 saturated heterocycles. The van der Waals surface area contributed by atoms with Crippen LogP contribution >= 0.6 is 0 Å². The number of anilines is 1. The molecule has 2 rings (SSSR count). The zero-order valence-electron chi connectivity index (χ0n) is 11.2. The molecule has 5 nitrogen and oxygen atoms in total. The molecule has 1 aromatic carbocycles. The molecule has 1 N–H and O–H groups in total. The Kier molecular flexibility index (Phi) is 3.96. The molecule has 5 heteroatoms. The van der Waals surface area contributed by atoms with Gasteiger partial charge in [-0.05, 0) is 30.7 Å². The van der Waals surface area contributed by atoms with Gasteiger partial charge in [0.1, 0.15) is 11.4 Å². The van der Waals surface area contributed by atoms with E-state index in [1.807, 2.05) is 19.1 Å². The van der Waals surface area contributed by atoms with Crippen LogP contribution in [0.1, 0.15) is 21.6 Å². The molecular weight excluding hydrogens is 254 g/mol. The molecule has 0 spiro atoms. The van der Waals surface area contributed by atoms with Gasteiger partial charge in [-0.2, -0.15) is 5.26 Å². The van der Waals surface area contributed by atoms with Crippen LogP contribution in [0.3, 0.4) is 0 Å². The number of amides is 1. The fourth-order valence-electron chi connectivity index (χ4n) is 1.77. The van der Waals surface area contributed by atoms with Gasteiger partial charge >= 0.3 is 0 Å². The maximum Gasteiger partial charge on any atom is 0.274 e. The number of nitrogens with one attached hydrogen (secondary N) is 1. The second kappa shape index (κ2) is 5.85. The number of ether oxygens (including phenoxy) is 1. The highest BCUT2D eigenvalue weighted by Crippen LogP contribution is 2.25. The van der Waals surface area contributed by atoms with Crippen molar-refractivity contribution >= 4 is 11.6 Å². The van der Waals surface area contributed by atoms with Gasteiger partial charge in [0.15, 0.2) is 0 Å². The van der Waals surface area contributed by atoms with E-state index in [0.29, 0.717) is 22.7 Å². The number of pyridine rings is 1. The maximum atomic E-state index is 12.2. The standard InChI is InChI=1S/C15H13N3O2/c1-10-4-3-7-17-14(10)15(19)18-12-6-5-11(9-16)8-13(12)20-2/h3-8H,1-2H3,(H,18,19). The van der Waals surface area contributed by atoms with Gasteiger partial charge in [-0.15, -0.1) is 0 Å². The van der Waals surface area contributed by atoms with Gasteiger partial charge in [0.25, 0.3) is 5.91 Å². The van der Waals surface area contributed by atoms with E-state index in [4.69, 9.17) is 10.00 Å². The number of hydrogen-bond acceptors (Lipinski definition) is 4. The first-order valence-corrected chi connectivity index (χ1v) is 5.97. The number of hydrogen-bond donors (Lipinski definition) is 1. The van der Waals surface area contributed by atoms with Crippen molar-refractivity contribution in [2.75, 3.05) is 12.4 Å². The van der Waals surface area contributed by atoms with Crippen molar-refractivity contribution in [3.05, 3.63) is 53.3 Å². The minimum absolute atomic E-state index is 0.314. The summed E-state index contributed by atoms with van der Waals surface area (Å²) in [5, 5.41) is 11.6. The third-order valence-electron chi connectivity index (χ3n) is 2.80. The second-order valence-electron chi connectivity index (χ2n) is 4.15. The number of nitriles is 1. The van der Waals surface area contributed by atoms with Gasteiger partial charge in [0.2, 0.25) is 0 Å². The van der Waals surface area contributed by atoms with Crippen LogP contribution in [0.25, 0.3) is 0 Å². The zero-order chi connectivity index (χ0) is 14.5. The molecule has 100 valence electrons. The number of carbonyl (C=O) groups excluding carboxylic acids is 1. The number of aryl methyl sites for hydroxylation is 1.